The minimum absolute atomic E-state index is 0.180. The van der Waals surface area contributed by atoms with E-state index in [1.165, 1.54) is 12.5 Å². The standard InChI is InChI=1S/C20H24O7/c1-10-8-13-19(2)12(17(22)25-13)4-3-6-20(19,27-10)14-15(21)16(26-18(14)23)11-5-7-24-9-11/h5,7,9-10,12-16,21H,3-4,6,8H2,1-2H3. The Bertz CT molecular complexity index is 773. The van der Waals surface area contributed by atoms with Gasteiger partial charge in [-0.15, -0.1) is 0 Å². The highest BCUT2D eigenvalue weighted by Crippen LogP contribution is 2.65. The summed E-state index contributed by atoms with van der Waals surface area (Å²) in [5, 5.41) is 11.1. The van der Waals surface area contributed by atoms with E-state index in [1.807, 2.05) is 13.8 Å². The Morgan fingerprint density at radius 1 is 1.22 bits per heavy atom. The maximum absolute atomic E-state index is 13.0. The van der Waals surface area contributed by atoms with Gasteiger partial charge in [0.05, 0.1) is 30.1 Å². The SMILES string of the molecule is CC1CC2OC(=O)C3CCCC(C4C(=O)OC(c5ccoc5)C4O)(O1)C23C. The van der Waals surface area contributed by atoms with E-state index < -0.39 is 35.1 Å². The quantitative estimate of drug-likeness (QED) is 0.790. The molecule has 7 nitrogen and oxygen atoms in total. The molecule has 1 saturated carbocycles. The van der Waals surface area contributed by atoms with Crippen molar-refractivity contribution >= 4 is 11.9 Å². The molecule has 3 saturated heterocycles. The molecular formula is C20H24O7. The predicted molar refractivity (Wildman–Crippen MR) is 90.3 cm³/mol. The van der Waals surface area contributed by atoms with E-state index in [1.54, 1.807) is 6.07 Å². The molecule has 4 fully saturated rings. The molecule has 146 valence electrons. The summed E-state index contributed by atoms with van der Waals surface area (Å²) in [6.45, 7) is 3.92. The van der Waals surface area contributed by atoms with Gasteiger partial charge >= 0.3 is 11.9 Å². The molecule has 1 N–H and O–H groups in total. The number of cyclic esters (lactones) is 1. The number of ether oxygens (including phenoxy) is 3. The van der Waals surface area contributed by atoms with Crippen LogP contribution in [-0.2, 0) is 23.8 Å². The zero-order valence-corrected chi connectivity index (χ0v) is 15.4. The van der Waals surface area contributed by atoms with Gasteiger partial charge in [0.15, 0.2) is 6.10 Å². The number of furan rings is 1. The second-order valence-corrected chi connectivity index (χ2v) is 8.59. The first-order chi connectivity index (χ1) is 12.9. The Labute approximate surface area is 156 Å². The molecular weight excluding hydrogens is 352 g/mol. The van der Waals surface area contributed by atoms with E-state index in [0.29, 0.717) is 24.8 Å². The minimum atomic E-state index is -1.08. The fourth-order valence-corrected chi connectivity index (χ4v) is 6.14. The van der Waals surface area contributed by atoms with Crippen LogP contribution in [0.4, 0.5) is 0 Å². The van der Waals surface area contributed by atoms with Crippen LogP contribution in [0.1, 0.15) is 51.2 Å². The topological polar surface area (TPSA) is 95.2 Å². The summed E-state index contributed by atoms with van der Waals surface area (Å²) in [4.78, 5) is 25.6. The normalized spacial score (nSPS) is 48.9. The molecule has 3 aliphatic heterocycles. The highest BCUT2D eigenvalue weighted by molar-refractivity contribution is 5.81. The lowest BCUT2D eigenvalue weighted by Crippen LogP contribution is -2.68. The van der Waals surface area contributed by atoms with Crippen LogP contribution in [0.25, 0.3) is 0 Å². The lowest BCUT2D eigenvalue weighted by molar-refractivity contribution is -0.271. The summed E-state index contributed by atoms with van der Waals surface area (Å²) >= 11 is 0. The molecule has 4 heterocycles. The number of aliphatic hydroxyl groups excluding tert-OH is 1. The van der Waals surface area contributed by atoms with Gasteiger partial charge in [-0.2, -0.15) is 0 Å². The Hall–Kier alpha value is -1.86. The number of hydrogen-bond acceptors (Lipinski definition) is 7. The summed E-state index contributed by atoms with van der Waals surface area (Å²) in [5.74, 6) is -1.89. The maximum atomic E-state index is 13.0. The third kappa shape index (κ3) is 2.04. The van der Waals surface area contributed by atoms with E-state index in [-0.39, 0.29) is 24.1 Å². The van der Waals surface area contributed by atoms with E-state index in [9.17, 15) is 14.7 Å². The van der Waals surface area contributed by atoms with Crippen LogP contribution in [0, 0.1) is 17.3 Å². The van der Waals surface area contributed by atoms with Gasteiger partial charge in [-0.25, -0.2) is 0 Å². The molecule has 8 unspecified atom stereocenters. The van der Waals surface area contributed by atoms with Gasteiger partial charge < -0.3 is 23.7 Å². The molecule has 0 aromatic carbocycles. The lowest BCUT2D eigenvalue weighted by Gasteiger charge is -2.59. The molecule has 5 rings (SSSR count). The molecule has 8 atom stereocenters. The first-order valence-corrected chi connectivity index (χ1v) is 9.67. The lowest BCUT2D eigenvalue weighted by atomic mass is 9.51. The van der Waals surface area contributed by atoms with Gasteiger partial charge in [-0.05, 0) is 32.3 Å². The van der Waals surface area contributed by atoms with Gasteiger partial charge in [-0.1, -0.05) is 6.92 Å². The zero-order chi connectivity index (χ0) is 19.0. The van der Waals surface area contributed by atoms with Crippen LogP contribution in [0.5, 0.6) is 0 Å². The second kappa shape index (κ2) is 5.58. The monoisotopic (exact) mass is 376 g/mol. The van der Waals surface area contributed by atoms with Crippen molar-refractivity contribution in [3.05, 3.63) is 24.2 Å². The fraction of sp³-hybridized carbons (Fsp3) is 0.700. The molecule has 1 aliphatic carbocycles. The average molecular weight is 376 g/mol. The Kier molecular flexibility index (Phi) is 3.56. The first kappa shape index (κ1) is 17.3. The smallest absolute Gasteiger partial charge is 0.315 e. The number of carbonyl (C=O) groups is 2. The number of carbonyl (C=O) groups excluding carboxylic acids is 2. The van der Waals surface area contributed by atoms with Crippen molar-refractivity contribution in [3.8, 4) is 0 Å². The minimum Gasteiger partial charge on any atom is -0.472 e. The summed E-state index contributed by atoms with van der Waals surface area (Å²) < 4.78 is 22.9. The summed E-state index contributed by atoms with van der Waals surface area (Å²) in [5.41, 5.74) is -1.03. The third-order valence-electron chi connectivity index (χ3n) is 7.37. The van der Waals surface area contributed by atoms with Crippen molar-refractivity contribution in [1.29, 1.82) is 0 Å². The molecule has 4 aliphatic rings. The van der Waals surface area contributed by atoms with E-state index in [4.69, 9.17) is 18.6 Å². The van der Waals surface area contributed by atoms with Gasteiger partial charge in [0, 0.05) is 17.4 Å². The third-order valence-corrected chi connectivity index (χ3v) is 7.37. The molecule has 0 spiro atoms. The molecule has 0 bridgehead atoms. The van der Waals surface area contributed by atoms with Crippen molar-refractivity contribution in [2.24, 2.45) is 17.3 Å². The van der Waals surface area contributed by atoms with Gasteiger partial charge in [0.25, 0.3) is 0 Å². The van der Waals surface area contributed by atoms with Crippen molar-refractivity contribution in [2.45, 2.75) is 69.5 Å². The fourth-order valence-electron chi connectivity index (χ4n) is 6.14. The molecule has 0 radical (unpaired) electrons. The predicted octanol–water partition coefficient (Wildman–Crippen LogP) is 2.13. The van der Waals surface area contributed by atoms with Crippen LogP contribution in [0.15, 0.2) is 23.0 Å². The van der Waals surface area contributed by atoms with Crippen molar-refractivity contribution in [3.63, 3.8) is 0 Å². The first-order valence-electron chi connectivity index (χ1n) is 9.67. The molecule has 1 aromatic heterocycles. The molecule has 1 aromatic rings. The van der Waals surface area contributed by atoms with E-state index in [2.05, 4.69) is 0 Å². The van der Waals surface area contributed by atoms with Crippen molar-refractivity contribution < 1.29 is 33.3 Å². The van der Waals surface area contributed by atoms with Crippen LogP contribution >= 0.6 is 0 Å². The number of rotatable bonds is 2. The number of aliphatic hydroxyl groups is 1. The van der Waals surface area contributed by atoms with Crippen molar-refractivity contribution in [1.82, 2.24) is 0 Å². The van der Waals surface area contributed by atoms with Gasteiger partial charge in [0.2, 0.25) is 0 Å². The Morgan fingerprint density at radius 2 is 2.04 bits per heavy atom. The van der Waals surface area contributed by atoms with E-state index in [0.717, 1.165) is 6.42 Å². The largest absolute Gasteiger partial charge is 0.472 e. The second-order valence-electron chi connectivity index (χ2n) is 8.59. The van der Waals surface area contributed by atoms with Gasteiger partial charge in [-0.3, -0.25) is 9.59 Å². The van der Waals surface area contributed by atoms with Crippen LogP contribution in [0.3, 0.4) is 0 Å². The molecule has 0 amide bonds. The number of hydrogen-bond donors (Lipinski definition) is 1. The van der Waals surface area contributed by atoms with Crippen LogP contribution < -0.4 is 0 Å². The highest BCUT2D eigenvalue weighted by Gasteiger charge is 2.74. The average Bonchev–Trinajstić information content (AvgIpc) is 3.28. The summed E-state index contributed by atoms with van der Waals surface area (Å²) in [6, 6.07) is 1.68. The van der Waals surface area contributed by atoms with Gasteiger partial charge in [0.1, 0.15) is 18.1 Å². The van der Waals surface area contributed by atoms with E-state index >= 15 is 0 Å². The maximum Gasteiger partial charge on any atom is 0.315 e. The zero-order valence-electron chi connectivity index (χ0n) is 15.4. The Balaban J connectivity index is 1.61. The highest BCUT2D eigenvalue weighted by atomic mass is 16.6. The van der Waals surface area contributed by atoms with Crippen LogP contribution in [-0.4, -0.2) is 41.0 Å². The molecule has 7 heteroatoms. The number of esters is 2. The molecule has 27 heavy (non-hydrogen) atoms. The Morgan fingerprint density at radius 3 is 2.78 bits per heavy atom. The summed E-state index contributed by atoms with van der Waals surface area (Å²) in [7, 11) is 0. The van der Waals surface area contributed by atoms with Crippen LogP contribution in [0.2, 0.25) is 0 Å². The summed E-state index contributed by atoms with van der Waals surface area (Å²) in [6.07, 6.45) is 3.24. The van der Waals surface area contributed by atoms with Crippen molar-refractivity contribution in [2.75, 3.05) is 0 Å².